The van der Waals surface area contributed by atoms with Crippen LogP contribution in [0.15, 0.2) is 18.6 Å². The molecule has 1 aromatic rings. The van der Waals surface area contributed by atoms with E-state index in [4.69, 9.17) is 5.11 Å². The topological polar surface area (TPSA) is 95.4 Å². The quantitative estimate of drug-likeness (QED) is 0.767. The summed E-state index contributed by atoms with van der Waals surface area (Å²) in [5.41, 5.74) is 0.702. The van der Waals surface area contributed by atoms with Gasteiger partial charge < -0.3 is 15.3 Å². The van der Waals surface area contributed by atoms with Crippen molar-refractivity contribution in [2.24, 2.45) is 0 Å². The number of nitrogens with zero attached hydrogens (tertiary/aromatic N) is 3. The first kappa shape index (κ1) is 13.9. The van der Waals surface area contributed by atoms with E-state index in [2.05, 4.69) is 15.3 Å². The number of aromatic nitrogens is 2. The Morgan fingerprint density at radius 1 is 1.50 bits per heavy atom. The molecule has 0 aliphatic rings. The zero-order valence-corrected chi connectivity index (χ0v) is 10.2. The van der Waals surface area contributed by atoms with Crippen molar-refractivity contribution < 1.29 is 14.7 Å². The number of hydrogen-bond donors (Lipinski definition) is 2. The van der Waals surface area contributed by atoms with Gasteiger partial charge in [0.15, 0.2) is 0 Å². The Hall–Kier alpha value is -2.18. The van der Waals surface area contributed by atoms with Crippen LogP contribution in [-0.4, -0.2) is 45.1 Å². The number of carboxylic acids is 1. The molecule has 18 heavy (non-hydrogen) atoms. The van der Waals surface area contributed by atoms with Crippen LogP contribution in [0.1, 0.15) is 19.0 Å². The summed E-state index contributed by atoms with van der Waals surface area (Å²) in [5, 5.41) is 11.2. The van der Waals surface area contributed by atoms with Gasteiger partial charge in [0.1, 0.15) is 6.33 Å². The van der Waals surface area contributed by atoms with Crippen LogP contribution in [0.5, 0.6) is 0 Å². The number of amides is 2. The maximum Gasteiger partial charge on any atom is 0.317 e. The van der Waals surface area contributed by atoms with Gasteiger partial charge in [-0.3, -0.25) is 4.79 Å². The molecular weight excluding hydrogens is 236 g/mol. The summed E-state index contributed by atoms with van der Waals surface area (Å²) < 4.78 is 0. The number of carbonyl (C=O) groups excluding carboxylic acids is 1. The number of nitrogens with one attached hydrogen (secondary N) is 1. The van der Waals surface area contributed by atoms with E-state index in [0.717, 1.165) is 0 Å². The second-order valence-corrected chi connectivity index (χ2v) is 3.58. The highest BCUT2D eigenvalue weighted by Crippen LogP contribution is 1.95. The van der Waals surface area contributed by atoms with E-state index in [0.29, 0.717) is 18.8 Å². The number of carboxylic acid groups (broad SMARTS) is 1. The maximum absolute atomic E-state index is 11.7. The summed E-state index contributed by atoms with van der Waals surface area (Å²) in [4.78, 5) is 31.4. The van der Waals surface area contributed by atoms with Crippen LogP contribution in [0, 0.1) is 0 Å². The largest absolute Gasteiger partial charge is 0.481 e. The molecule has 1 rings (SSSR count). The Bertz CT molecular complexity index is 397. The fourth-order valence-electron chi connectivity index (χ4n) is 1.33. The smallest absolute Gasteiger partial charge is 0.317 e. The van der Waals surface area contributed by atoms with Gasteiger partial charge in [-0.2, -0.15) is 0 Å². The van der Waals surface area contributed by atoms with E-state index in [1.54, 1.807) is 19.2 Å². The van der Waals surface area contributed by atoms with E-state index in [9.17, 15) is 9.59 Å². The zero-order valence-electron chi connectivity index (χ0n) is 10.2. The summed E-state index contributed by atoms with van der Waals surface area (Å²) in [6.45, 7) is 2.75. The lowest BCUT2D eigenvalue weighted by Crippen LogP contribution is -2.40. The number of rotatable bonds is 6. The molecule has 0 spiro atoms. The molecule has 1 heterocycles. The molecule has 7 heteroatoms. The van der Waals surface area contributed by atoms with Gasteiger partial charge in [-0.25, -0.2) is 14.8 Å². The van der Waals surface area contributed by atoms with Crippen molar-refractivity contribution in [2.45, 2.75) is 19.9 Å². The zero-order chi connectivity index (χ0) is 13.4. The van der Waals surface area contributed by atoms with Crippen LogP contribution < -0.4 is 5.32 Å². The summed E-state index contributed by atoms with van der Waals surface area (Å²) in [6, 6.07) is 1.41. The molecule has 0 atom stereocenters. The predicted octanol–water partition coefficient (Wildman–Crippen LogP) is 0.483. The number of urea groups is 1. The SMILES string of the molecule is CCN(CCC(=O)O)C(=O)NCc1ccncn1. The molecule has 0 aromatic carbocycles. The van der Waals surface area contributed by atoms with Gasteiger partial charge in [0.05, 0.1) is 18.7 Å². The Morgan fingerprint density at radius 3 is 2.83 bits per heavy atom. The normalized spacial score (nSPS) is 9.83. The van der Waals surface area contributed by atoms with Gasteiger partial charge in [0.2, 0.25) is 0 Å². The minimum absolute atomic E-state index is 0.0607. The molecule has 0 aliphatic carbocycles. The predicted molar refractivity (Wildman–Crippen MR) is 63.8 cm³/mol. The summed E-state index contributed by atoms with van der Waals surface area (Å²) >= 11 is 0. The average molecular weight is 252 g/mol. The first-order valence-electron chi connectivity index (χ1n) is 5.63. The fourth-order valence-corrected chi connectivity index (χ4v) is 1.33. The molecule has 0 saturated heterocycles. The van der Waals surface area contributed by atoms with Gasteiger partial charge in [-0.1, -0.05) is 0 Å². The highest BCUT2D eigenvalue weighted by Gasteiger charge is 2.12. The van der Waals surface area contributed by atoms with Crippen molar-refractivity contribution in [1.29, 1.82) is 0 Å². The Kier molecular flexibility index (Phi) is 5.56. The van der Waals surface area contributed by atoms with Crippen molar-refractivity contribution in [3.63, 3.8) is 0 Å². The molecule has 0 unspecified atom stereocenters. The number of hydrogen-bond acceptors (Lipinski definition) is 4. The monoisotopic (exact) mass is 252 g/mol. The third kappa shape index (κ3) is 4.77. The molecular formula is C11H16N4O3. The van der Waals surface area contributed by atoms with Gasteiger partial charge in [0.25, 0.3) is 0 Å². The third-order valence-corrected chi connectivity index (χ3v) is 2.33. The molecule has 2 N–H and O–H groups in total. The number of aliphatic carboxylic acids is 1. The molecule has 0 bridgehead atoms. The number of carbonyl (C=O) groups is 2. The van der Waals surface area contributed by atoms with Crippen LogP contribution in [0.3, 0.4) is 0 Å². The molecule has 0 saturated carbocycles. The Morgan fingerprint density at radius 2 is 2.28 bits per heavy atom. The van der Waals surface area contributed by atoms with Crippen LogP contribution in [-0.2, 0) is 11.3 Å². The van der Waals surface area contributed by atoms with E-state index in [-0.39, 0.29) is 19.0 Å². The third-order valence-electron chi connectivity index (χ3n) is 2.33. The lowest BCUT2D eigenvalue weighted by atomic mass is 10.4. The molecule has 7 nitrogen and oxygen atoms in total. The van der Waals surface area contributed by atoms with Crippen molar-refractivity contribution >= 4 is 12.0 Å². The first-order chi connectivity index (χ1) is 8.63. The highest BCUT2D eigenvalue weighted by molar-refractivity contribution is 5.75. The van der Waals surface area contributed by atoms with E-state index < -0.39 is 5.97 Å². The van der Waals surface area contributed by atoms with E-state index in [1.807, 2.05) is 0 Å². The Balaban J connectivity index is 2.40. The molecule has 0 fully saturated rings. The molecule has 2 amide bonds. The lowest BCUT2D eigenvalue weighted by molar-refractivity contribution is -0.137. The van der Waals surface area contributed by atoms with Gasteiger partial charge in [0, 0.05) is 19.3 Å². The maximum atomic E-state index is 11.7. The second kappa shape index (κ2) is 7.21. The minimum Gasteiger partial charge on any atom is -0.481 e. The summed E-state index contributed by atoms with van der Waals surface area (Å²) in [5.74, 6) is -0.919. The summed E-state index contributed by atoms with van der Waals surface area (Å²) in [7, 11) is 0. The molecule has 0 radical (unpaired) electrons. The first-order valence-corrected chi connectivity index (χ1v) is 5.63. The van der Waals surface area contributed by atoms with E-state index >= 15 is 0 Å². The minimum atomic E-state index is -0.919. The lowest BCUT2D eigenvalue weighted by Gasteiger charge is -2.20. The van der Waals surface area contributed by atoms with Crippen molar-refractivity contribution in [3.8, 4) is 0 Å². The molecule has 1 aromatic heterocycles. The van der Waals surface area contributed by atoms with Gasteiger partial charge in [-0.05, 0) is 13.0 Å². The van der Waals surface area contributed by atoms with E-state index in [1.165, 1.54) is 11.2 Å². The second-order valence-electron chi connectivity index (χ2n) is 3.58. The van der Waals surface area contributed by atoms with Crippen LogP contribution in [0.4, 0.5) is 4.79 Å². The van der Waals surface area contributed by atoms with Gasteiger partial charge >= 0.3 is 12.0 Å². The standard InChI is InChI=1S/C11H16N4O3/c1-2-15(6-4-10(16)17)11(18)13-7-9-3-5-12-8-14-9/h3,5,8H,2,4,6-7H2,1H3,(H,13,18)(H,16,17). The van der Waals surface area contributed by atoms with Crippen LogP contribution in [0.2, 0.25) is 0 Å². The van der Waals surface area contributed by atoms with Gasteiger partial charge in [-0.15, -0.1) is 0 Å². The summed E-state index contributed by atoms with van der Waals surface area (Å²) in [6.07, 6.45) is 2.94. The average Bonchev–Trinajstić information content (AvgIpc) is 2.38. The Labute approximate surface area is 105 Å². The van der Waals surface area contributed by atoms with Crippen LogP contribution in [0.25, 0.3) is 0 Å². The molecule has 98 valence electrons. The highest BCUT2D eigenvalue weighted by atomic mass is 16.4. The van der Waals surface area contributed by atoms with Crippen molar-refractivity contribution in [2.75, 3.05) is 13.1 Å². The fraction of sp³-hybridized carbons (Fsp3) is 0.455. The van der Waals surface area contributed by atoms with Crippen molar-refractivity contribution in [1.82, 2.24) is 20.2 Å². The molecule has 0 aliphatic heterocycles. The van der Waals surface area contributed by atoms with Crippen molar-refractivity contribution in [3.05, 3.63) is 24.3 Å². The van der Waals surface area contributed by atoms with Crippen LogP contribution >= 0.6 is 0 Å².